The normalized spacial score (nSPS) is 9.57. The van der Waals surface area contributed by atoms with Gasteiger partial charge >= 0.3 is 12.2 Å². The lowest BCUT2D eigenvalue weighted by atomic mass is 10.3. The highest BCUT2D eigenvalue weighted by Crippen LogP contribution is 2.13. The third kappa shape index (κ3) is 4.99. The Hall–Kier alpha value is -2.82. The Kier molecular flexibility index (Phi) is 5.34. The number of rotatable bonds is 3. The monoisotopic (exact) mass is 285 g/mol. The number of ether oxygens (including phenoxy) is 3. The Morgan fingerprint density at radius 2 is 1.38 bits per heavy atom. The molecule has 0 atom stereocenters. The van der Waals surface area contributed by atoms with E-state index in [1.54, 1.807) is 55.5 Å². The average Bonchev–Trinajstić information content (AvgIpc) is 2.49. The molecule has 0 bridgehead atoms. The first-order valence-corrected chi connectivity index (χ1v) is 6.49. The standard InChI is InChI=1S/C16H15NO4/c1-2-19-15(18)17-16(20-13-9-5-3-6-10-13)21-14-11-7-4-8-12-14/h3-12H,2H2,1H3. The highest BCUT2D eigenvalue weighted by molar-refractivity contribution is 5.85. The molecule has 5 heteroatoms. The van der Waals surface area contributed by atoms with Crippen molar-refractivity contribution in [2.24, 2.45) is 4.99 Å². The molecule has 0 heterocycles. The van der Waals surface area contributed by atoms with Crippen molar-refractivity contribution < 1.29 is 19.0 Å². The second-order valence-corrected chi connectivity index (χ2v) is 3.91. The third-order valence-corrected chi connectivity index (χ3v) is 2.35. The first-order chi connectivity index (χ1) is 10.3. The summed E-state index contributed by atoms with van der Waals surface area (Å²) in [5.41, 5.74) is 0. The van der Waals surface area contributed by atoms with Gasteiger partial charge in [-0.15, -0.1) is 4.99 Å². The van der Waals surface area contributed by atoms with Crippen molar-refractivity contribution in [3.05, 3.63) is 60.7 Å². The fourth-order valence-corrected chi connectivity index (χ4v) is 1.48. The lowest BCUT2D eigenvalue weighted by Gasteiger charge is -2.09. The van der Waals surface area contributed by atoms with Gasteiger partial charge in [-0.05, 0) is 31.2 Å². The second-order valence-electron chi connectivity index (χ2n) is 3.91. The molecule has 21 heavy (non-hydrogen) atoms. The van der Waals surface area contributed by atoms with Crippen LogP contribution in [0.4, 0.5) is 4.79 Å². The van der Waals surface area contributed by atoms with E-state index < -0.39 is 6.09 Å². The summed E-state index contributed by atoms with van der Waals surface area (Å²) in [7, 11) is 0. The molecule has 0 saturated carbocycles. The molecule has 0 spiro atoms. The molecule has 0 saturated heterocycles. The van der Waals surface area contributed by atoms with Crippen LogP contribution in [-0.4, -0.2) is 18.8 Å². The molecule has 2 rings (SSSR count). The van der Waals surface area contributed by atoms with Crippen LogP contribution >= 0.6 is 0 Å². The van der Waals surface area contributed by atoms with Crippen molar-refractivity contribution >= 4 is 12.2 Å². The lowest BCUT2D eigenvalue weighted by molar-refractivity contribution is 0.162. The molecule has 0 radical (unpaired) electrons. The quantitative estimate of drug-likeness (QED) is 0.638. The van der Waals surface area contributed by atoms with Gasteiger partial charge in [0.25, 0.3) is 0 Å². The number of para-hydroxylation sites is 2. The van der Waals surface area contributed by atoms with E-state index in [2.05, 4.69) is 4.99 Å². The molecule has 0 aromatic heterocycles. The van der Waals surface area contributed by atoms with E-state index in [1.165, 1.54) is 0 Å². The summed E-state index contributed by atoms with van der Waals surface area (Å²) in [5, 5.41) is 0. The van der Waals surface area contributed by atoms with Crippen LogP contribution in [0.15, 0.2) is 65.7 Å². The van der Waals surface area contributed by atoms with Gasteiger partial charge in [-0.2, -0.15) is 0 Å². The number of aliphatic imine (C=N–C) groups is 1. The summed E-state index contributed by atoms with van der Waals surface area (Å²) in [6, 6.07) is 17.9. The van der Waals surface area contributed by atoms with Gasteiger partial charge in [0.05, 0.1) is 6.61 Å². The van der Waals surface area contributed by atoms with Crippen LogP contribution in [0.5, 0.6) is 11.5 Å². The summed E-state index contributed by atoms with van der Waals surface area (Å²) in [6.45, 7) is 1.93. The first kappa shape index (κ1) is 14.6. The minimum atomic E-state index is -0.764. The molecule has 2 aromatic rings. The fraction of sp³-hybridized carbons (Fsp3) is 0.125. The van der Waals surface area contributed by atoms with Crippen LogP contribution in [0.1, 0.15) is 6.92 Å². The third-order valence-electron chi connectivity index (χ3n) is 2.35. The number of benzene rings is 2. The van der Waals surface area contributed by atoms with Crippen LogP contribution in [0.2, 0.25) is 0 Å². The van der Waals surface area contributed by atoms with Crippen molar-refractivity contribution in [1.82, 2.24) is 0 Å². The van der Waals surface area contributed by atoms with Gasteiger partial charge in [0, 0.05) is 0 Å². The highest BCUT2D eigenvalue weighted by Gasteiger charge is 2.10. The first-order valence-electron chi connectivity index (χ1n) is 6.49. The van der Waals surface area contributed by atoms with E-state index in [1.807, 2.05) is 12.1 Å². The van der Waals surface area contributed by atoms with Gasteiger partial charge in [-0.3, -0.25) is 0 Å². The Morgan fingerprint density at radius 1 is 0.905 bits per heavy atom. The predicted molar refractivity (Wildman–Crippen MR) is 78.6 cm³/mol. The fourth-order valence-electron chi connectivity index (χ4n) is 1.48. The molecule has 0 fully saturated rings. The van der Waals surface area contributed by atoms with Gasteiger partial charge in [0.1, 0.15) is 11.5 Å². The maximum Gasteiger partial charge on any atom is 0.439 e. The van der Waals surface area contributed by atoms with Gasteiger partial charge in [-0.1, -0.05) is 36.4 Å². The average molecular weight is 285 g/mol. The summed E-state index contributed by atoms with van der Waals surface area (Å²) in [5.74, 6) is 1.02. The molecule has 0 aliphatic rings. The van der Waals surface area contributed by atoms with Crippen LogP contribution < -0.4 is 9.47 Å². The maximum absolute atomic E-state index is 11.5. The van der Waals surface area contributed by atoms with Gasteiger partial charge < -0.3 is 14.2 Å². The van der Waals surface area contributed by atoms with Crippen molar-refractivity contribution in [2.75, 3.05) is 6.61 Å². The predicted octanol–water partition coefficient (Wildman–Crippen LogP) is 3.66. The SMILES string of the molecule is CCOC(=O)N=C(Oc1ccccc1)Oc1ccccc1. The summed E-state index contributed by atoms with van der Waals surface area (Å²) >= 11 is 0. The molecule has 0 N–H and O–H groups in total. The van der Waals surface area contributed by atoms with Crippen molar-refractivity contribution in [1.29, 1.82) is 0 Å². The Morgan fingerprint density at radius 3 is 1.81 bits per heavy atom. The Balaban J connectivity index is 2.16. The number of amides is 1. The number of carbonyl (C=O) groups excluding carboxylic acids is 1. The van der Waals surface area contributed by atoms with E-state index in [4.69, 9.17) is 14.2 Å². The Bertz CT molecular complexity index is 553. The number of hydrogen-bond acceptors (Lipinski definition) is 4. The molecule has 0 aliphatic heterocycles. The van der Waals surface area contributed by atoms with E-state index in [9.17, 15) is 4.79 Å². The zero-order valence-corrected chi connectivity index (χ0v) is 11.6. The molecule has 2 aromatic carbocycles. The highest BCUT2D eigenvalue weighted by atomic mass is 16.7. The van der Waals surface area contributed by atoms with Crippen LogP contribution in [0.3, 0.4) is 0 Å². The van der Waals surface area contributed by atoms with E-state index >= 15 is 0 Å². The summed E-state index contributed by atoms with van der Waals surface area (Å²) in [4.78, 5) is 15.1. The van der Waals surface area contributed by atoms with E-state index in [-0.39, 0.29) is 12.7 Å². The molecule has 0 unspecified atom stereocenters. The molecule has 5 nitrogen and oxygen atoms in total. The van der Waals surface area contributed by atoms with E-state index in [0.29, 0.717) is 11.5 Å². The minimum absolute atomic E-state index is 0.189. The van der Waals surface area contributed by atoms with Crippen molar-refractivity contribution in [2.45, 2.75) is 6.92 Å². The largest absolute Gasteiger partial charge is 0.448 e. The van der Waals surface area contributed by atoms with Crippen LogP contribution in [0, 0.1) is 0 Å². The molecular weight excluding hydrogens is 270 g/mol. The molecular formula is C16H15NO4. The zero-order chi connectivity index (χ0) is 14.9. The smallest absolute Gasteiger partial charge is 0.439 e. The zero-order valence-electron chi connectivity index (χ0n) is 11.6. The molecule has 1 amide bonds. The second kappa shape index (κ2) is 7.69. The van der Waals surface area contributed by atoms with Gasteiger partial charge in [0.15, 0.2) is 0 Å². The molecule has 108 valence electrons. The maximum atomic E-state index is 11.5. The topological polar surface area (TPSA) is 57.1 Å². The van der Waals surface area contributed by atoms with E-state index in [0.717, 1.165) is 0 Å². The number of hydrogen-bond donors (Lipinski definition) is 0. The minimum Gasteiger partial charge on any atom is -0.448 e. The Labute approximate surface area is 122 Å². The van der Waals surface area contributed by atoms with Gasteiger partial charge in [0.2, 0.25) is 0 Å². The van der Waals surface area contributed by atoms with Crippen molar-refractivity contribution in [3.8, 4) is 11.5 Å². The summed E-state index contributed by atoms with van der Waals surface area (Å²) < 4.78 is 15.7. The summed E-state index contributed by atoms with van der Waals surface area (Å²) in [6.07, 6.45) is -0.954. The van der Waals surface area contributed by atoms with Gasteiger partial charge in [-0.25, -0.2) is 4.79 Å². The van der Waals surface area contributed by atoms with Crippen LogP contribution in [-0.2, 0) is 4.74 Å². The number of carbonyl (C=O) groups is 1. The number of nitrogens with zero attached hydrogens (tertiary/aromatic N) is 1. The molecule has 0 aliphatic carbocycles. The van der Waals surface area contributed by atoms with Crippen molar-refractivity contribution in [3.63, 3.8) is 0 Å². The van der Waals surface area contributed by atoms with Crippen LogP contribution in [0.25, 0.3) is 0 Å². The lowest BCUT2D eigenvalue weighted by Crippen LogP contribution is -2.19.